The Labute approximate surface area is 169 Å². The molecule has 3 aromatic rings. The zero-order valence-electron chi connectivity index (χ0n) is 15.1. The molecular formula is C20H22Cl2N4O. The highest BCUT2D eigenvalue weighted by Crippen LogP contribution is 2.29. The van der Waals surface area contributed by atoms with Gasteiger partial charge >= 0.3 is 0 Å². The lowest BCUT2D eigenvalue weighted by molar-refractivity contribution is 0.152. The van der Waals surface area contributed by atoms with Gasteiger partial charge in [-0.2, -0.15) is 0 Å². The van der Waals surface area contributed by atoms with Crippen LogP contribution in [0.2, 0.25) is 5.02 Å². The molecule has 1 fully saturated rings. The molecule has 1 N–H and O–H groups in total. The van der Waals surface area contributed by atoms with E-state index in [1.165, 1.54) is 0 Å². The number of halogens is 2. The molecule has 27 heavy (non-hydrogen) atoms. The Hall–Kier alpha value is -1.92. The Kier molecular flexibility index (Phi) is 6.17. The van der Waals surface area contributed by atoms with E-state index < -0.39 is 0 Å². The normalized spacial score (nSPS) is 17.6. The van der Waals surface area contributed by atoms with Gasteiger partial charge in [0.15, 0.2) is 0 Å². The second kappa shape index (κ2) is 8.40. The third-order valence-electron chi connectivity index (χ3n) is 4.84. The van der Waals surface area contributed by atoms with Crippen LogP contribution in [0.3, 0.4) is 0 Å². The first-order valence-electron chi connectivity index (χ1n) is 8.80. The number of aromatic nitrogens is 2. The average Bonchev–Trinajstić information content (AvgIpc) is 2.64. The van der Waals surface area contributed by atoms with Crippen LogP contribution in [0.25, 0.3) is 5.65 Å². The monoisotopic (exact) mass is 404 g/mol. The summed E-state index contributed by atoms with van der Waals surface area (Å²) in [7, 11) is 0. The molecule has 1 saturated heterocycles. The molecule has 4 rings (SSSR count). The van der Waals surface area contributed by atoms with Gasteiger partial charge in [0.1, 0.15) is 5.65 Å². The highest BCUT2D eigenvalue weighted by Gasteiger charge is 2.25. The number of aryl methyl sites for hydroxylation is 1. The van der Waals surface area contributed by atoms with E-state index in [4.69, 9.17) is 11.6 Å². The van der Waals surface area contributed by atoms with Crippen molar-refractivity contribution >= 4 is 29.7 Å². The first-order chi connectivity index (χ1) is 12.6. The lowest BCUT2D eigenvalue weighted by Gasteiger charge is -2.36. The molecule has 0 spiro atoms. The van der Waals surface area contributed by atoms with Crippen molar-refractivity contribution in [2.45, 2.75) is 19.5 Å². The second-order valence-corrected chi connectivity index (χ2v) is 7.14. The molecule has 1 aliphatic rings. The van der Waals surface area contributed by atoms with Gasteiger partial charge in [-0.3, -0.25) is 14.1 Å². The van der Waals surface area contributed by atoms with Crippen molar-refractivity contribution in [1.29, 1.82) is 0 Å². The third kappa shape index (κ3) is 4.17. The molecular weight excluding hydrogens is 383 g/mol. The Morgan fingerprint density at radius 3 is 2.89 bits per heavy atom. The van der Waals surface area contributed by atoms with Crippen molar-refractivity contribution in [3.8, 4) is 0 Å². The quantitative estimate of drug-likeness (QED) is 0.727. The smallest absolute Gasteiger partial charge is 0.258 e. The van der Waals surface area contributed by atoms with Gasteiger partial charge < -0.3 is 5.32 Å². The molecule has 1 unspecified atom stereocenters. The van der Waals surface area contributed by atoms with Gasteiger partial charge in [0.25, 0.3) is 5.56 Å². The first kappa shape index (κ1) is 19.8. The molecule has 1 atom stereocenters. The summed E-state index contributed by atoms with van der Waals surface area (Å²) < 4.78 is 1.60. The van der Waals surface area contributed by atoms with E-state index in [1.807, 2.05) is 43.5 Å². The van der Waals surface area contributed by atoms with Crippen LogP contribution in [-0.2, 0) is 6.54 Å². The van der Waals surface area contributed by atoms with E-state index in [1.54, 1.807) is 10.5 Å². The number of fused-ring (bicyclic) bond motifs is 1. The zero-order chi connectivity index (χ0) is 18.1. The van der Waals surface area contributed by atoms with Crippen LogP contribution in [0.15, 0.2) is 53.5 Å². The zero-order valence-corrected chi connectivity index (χ0v) is 16.6. The van der Waals surface area contributed by atoms with Crippen LogP contribution < -0.4 is 10.9 Å². The molecule has 5 nitrogen and oxygen atoms in total. The van der Waals surface area contributed by atoms with Crippen molar-refractivity contribution in [2.24, 2.45) is 0 Å². The summed E-state index contributed by atoms with van der Waals surface area (Å²) in [6.45, 7) is 5.21. The predicted molar refractivity (Wildman–Crippen MR) is 111 cm³/mol. The summed E-state index contributed by atoms with van der Waals surface area (Å²) in [4.78, 5) is 19.5. The summed E-state index contributed by atoms with van der Waals surface area (Å²) in [5, 5.41) is 4.21. The van der Waals surface area contributed by atoms with E-state index in [2.05, 4.69) is 21.3 Å². The van der Waals surface area contributed by atoms with Crippen molar-refractivity contribution in [2.75, 3.05) is 19.6 Å². The van der Waals surface area contributed by atoms with Gasteiger partial charge in [0.05, 0.1) is 5.69 Å². The second-order valence-electron chi connectivity index (χ2n) is 6.73. The van der Waals surface area contributed by atoms with Crippen LogP contribution in [0, 0.1) is 6.92 Å². The van der Waals surface area contributed by atoms with Crippen molar-refractivity contribution in [1.82, 2.24) is 19.6 Å². The number of hydrogen-bond donors (Lipinski definition) is 1. The SMILES string of the molecule is Cc1ccc2nc(CN3CCNCC3c3ccccc3Cl)cc(=O)n2c1.Cl. The maximum atomic E-state index is 12.5. The van der Waals surface area contributed by atoms with E-state index in [0.717, 1.165) is 41.5 Å². The van der Waals surface area contributed by atoms with Crippen LogP contribution in [0.4, 0.5) is 0 Å². The molecule has 1 aliphatic heterocycles. The molecule has 1 aromatic carbocycles. The number of nitrogens with one attached hydrogen (secondary N) is 1. The minimum absolute atomic E-state index is 0. The fraction of sp³-hybridized carbons (Fsp3) is 0.300. The number of benzene rings is 1. The third-order valence-corrected chi connectivity index (χ3v) is 5.19. The average molecular weight is 405 g/mol. The summed E-state index contributed by atoms with van der Waals surface area (Å²) in [5.74, 6) is 0. The van der Waals surface area contributed by atoms with Crippen LogP contribution in [0.1, 0.15) is 22.9 Å². The molecule has 2 aromatic heterocycles. The maximum absolute atomic E-state index is 12.5. The summed E-state index contributed by atoms with van der Waals surface area (Å²) >= 11 is 6.42. The molecule has 142 valence electrons. The molecule has 0 saturated carbocycles. The Morgan fingerprint density at radius 1 is 1.26 bits per heavy atom. The summed E-state index contributed by atoms with van der Waals surface area (Å²) in [6, 6.07) is 13.6. The topological polar surface area (TPSA) is 49.6 Å². The largest absolute Gasteiger partial charge is 0.314 e. The van der Waals surface area contributed by atoms with Gasteiger partial charge in [-0.1, -0.05) is 35.9 Å². The molecule has 0 radical (unpaired) electrons. The van der Waals surface area contributed by atoms with E-state index in [0.29, 0.717) is 12.2 Å². The minimum atomic E-state index is -0.0434. The van der Waals surface area contributed by atoms with Gasteiger partial charge in [0.2, 0.25) is 0 Å². The highest BCUT2D eigenvalue weighted by molar-refractivity contribution is 6.31. The van der Waals surface area contributed by atoms with E-state index in [9.17, 15) is 4.79 Å². The first-order valence-corrected chi connectivity index (χ1v) is 9.18. The van der Waals surface area contributed by atoms with E-state index in [-0.39, 0.29) is 24.0 Å². The lowest BCUT2D eigenvalue weighted by atomic mass is 10.0. The molecule has 0 aliphatic carbocycles. The highest BCUT2D eigenvalue weighted by atomic mass is 35.5. The number of piperazine rings is 1. The predicted octanol–water partition coefficient (Wildman–Crippen LogP) is 3.22. The Morgan fingerprint density at radius 2 is 2.07 bits per heavy atom. The number of rotatable bonds is 3. The van der Waals surface area contributed by atoms with Crippen molar-refractivity contribution in [3.63, 3.8) is 0 Å². The van der Waals surface area contributed by atoms with Crippen molar-refractivity contribution < 1.29 is 0 Å². The van der Waals surface area contributed by atoms with Gasteiger partial charge in [-0.15, -0.1) is 12.4 Å². The molecule has 7 heteroatoms. The minimum Gasteiger partial charge on any atom is -0.314 e. The fourth-order valence-electron chi connectivity index (χ4n) is 3.53. The van der Waals surface area contributed by atoms with Gasteiger partial charge in [0, 0.05) is 49.5 Å². The van der Waals surface area contributed by atoms with Gasteiger partial charge in [-0.05, 0) is 30.2 Å². The molecule has 0 amide bonds. The lowest BCUT2D eigenvalue weighted by Crippen LogP contribution is -2.45. The number of hydrogen-bond acceptors (Lipinski definition) is 4. The Bertz CT molecular complexity index is 1000. The van der Waals surface area contributed by atoms with Gasteiger partial charge in [-0.25, -0.2) is 4.98 Å². The standard InChI is InChI=1S/C20H21ClN4O.ClH/c1-14-6-7-19-23-15(10-20(26)25(19)12-14)13-24-9-8-22-11-18(24)16-4-2-3-5-17(16)21;/h2-7,10,12,18,22H,8-9,11,13H2,1H3;1H. The van der Waals surface area contributed by atoms with Crippen LogP contribution >= 0.6 is 24.0 Å². The number of nitrogens with zero attached hydrogens (tertiary/aromatic N) is 3. The van der Waals surface area contributed by atoms with E-state index >= 15 is 0 Å². The number of pyridine rings is 1. The fourth-order valence-corrected chi connectivity index (χ4v) is 3.80. The van der Waals surface area contributed by atoms with Crippen LogP contribution in [-0.4, -0.2) is 33.9 Å². The van der Waals surface area contributed by atoms with Crippen molar-refractivity contribution in [3.05, 3.63) is 80.9 Å². The molecule has 3 heterocycles. The summed E-state index contributed by atoms with van der Waals surface area (Å²) in [6.07, 6.45) is 1.83. The maximum Gasteiger partial charge on any atom is 0.258 e. The Balaban J connectivity index is 0.00000210. The summed E-state index contributed by atoms with van der Waals surface area (Å²) in [5.41, 5.74) is 3.57. The van der Waals surface area contributed by atoms with Crippen LogP contribution in [0.5, 0.6) is 0 Å². The molecule has 0 bridgehead atoms.